The van der Waals surface area contributed by atoms with E-state index < -0.39 is 28.4 Å². The number of nitro benzene ring substituents is 1. The highest BCUT2D eigenvalue weighted by molar-refractivity contribution is 5.98. The van der Waals surface area contributed by atoms with E-state index in [4.69, 9.17) is 9.47 Å². The van der Waals surface area contributed by atoms with E-state index in [1.54, 1.807) is 0 Å². The van der Waals surface area contributed by atoms with E-state index in [1.807, 2.05) is 0 Å². The number of hydrogen-bond donors (Lipinski definition) is 2. The van der Waals surface area contributed by atoms with Crippen LogP contribution in [-0.2, 0) is 14.3 Å². The van der Waals surface area contributed by atoms with Crippen molar-refractivity contribution in [2.45, 2.75) is 50.7 Å². The van der Waals surface area contributed by atoms with Crippen LogP contribution in [0.15, 0.2) is 18.2 Å². The lowest BCUT2D eigenvalue weighted by molar-refractivity contribution is -0.384. The van der Waals surface area contributed by atoms with Gasteiger partial charge in [0, 0.05) is 31.5 Å². The number of nitro groups is 1. The molecule has 0 unspecified atom stereocenters. The van der Waals surface area contributed by atoms with Crippen molar-refractivity contribution in [1.29, 1.82) is 5.26 Å². The predicted molar refractivity (Wildman–Crippen MR) is 108 cm³/mol. The van der Waals surface area contributed by atoms with Crippen molar-refractivity contribution >= 4 is 23.3 Å². The second-order valence-electron chi connectivity index (χ2n) is 7.20. The van der Waals surface area contributed by atoms with E-state index in [0.29, 0.717) is 31.7 Å². The van der Waals surface area contributed by atoms with Gasteiger partial charge in [-0.3, -0.25) is 14.9 Å². The van der Waals surface area contributed by atoms with Crippen LogP contribution in [0.5, 0.6) is 0 Å². The van der Waals surface area contributed by atoms with Crippen LogP contribution < -0.4 is 10.6 Å². The monoisotopic (exact) mass is 418 g/mol. The fourth-order valence-electron chi connectivity index (χ4n) is 3.29. The molecular weight excluding hydrogens is 392 g/mol. The number of hydrogen-bond acceptors (Lipinski definition) is 8. The molecule has 0 aliphatic heterocycles. The number of nitrogens with zero attached hydrogens (tertiary/aromatic N) is 2. The minimum Gasteiger partial charge on any atom is -0.449 e. The average molecular weight is 418 g/mol. The maximum absolute atomic E-state index is 12.7. The number of nitrogens with one attached hydrogen (secondary N) is 2. The highest BCUT2D eigenvalue weighted by atomic mass is 16.6. The number of amides is 1. The van der Waals surface area contributed by atoms with E-state index in [9.17, 15) is 25.0 Å². The maximum atomic E-state index is 12.7. The number of anilines is 1. The maximum Gasteiger partial charge on any atom is 0.341 e. The summed E-state index contributed by atoms with van der Waals surface area (Å²) in [5.74, 6) is -1.46. The number of ether oxygens (including phenoxy) is 2. The third kappa shape index (κ3) is 5.90. The Morgan fingerprint density at radius 1 is 1.33 bits per heavy atom. The van der Waals surface area contributed by atoms with Crippen LogP contribution in [0.1, 0.15) is 49.4 Å². The van der Waals surface area contributed by atoms with Crippen LogP contribution in [0.4, 0.5) is 11.4 Å². The summed E-state index contributed by atoms with van der Waals surface area (Å²) in [6.45, 7) is 2.13. The van der Waals surface area contributed by atoms with E-state index in [1.165, 1.54) is 26.2 Å². The molecule has 1 aromatic rings. The Hall–Kier alpha value is -3.19. The molecule has 1 fully saturated rings. The number of methoxy groups -OCH3 is 1. The highest BCUT2D eigenvalue weighted by Crippen LogP contribution is 2.28. The van der Waals surface area contributed by atoms with Gasteiger partial charge in [0.15, 0.2) is 6.10 Å². The molecule has 2 N–H and O–H groups in total. The molecule has 1 aliphatic carbocycles. The number of benzene rings is 1. The molecule has 2 rings (SSSR count). The van der Waals surface area contributed by atoms with Crippen molar-refractivity contribution in [3.8, 4) is 6.07 Å². The van der Waals surface area contributed by atoms with Gasteiger partial charge in [-0.15, -0.1) is 0 Å². The Kier molecular flexibility index (Phi) is 8.12. The summed E-state index contributed by atoms with van der Waals surface area (Å²) >= 11 is 0. The van der Waals surface area contributed by atoms with Gasteiger partial charge < -0.3 is 20.1 Å². The zero-order chi connectivity index (χ0) is 22.1. The minimum absolute atomic E-state index is 0.0624. The van der Waals surface area contributed by atoms with Gasteiger partial charge in [-0.2, -0.15) is 5.26 Å². The number of rotatable bonds is 9. The van der Waals surface area contributed by atoms with Gasteiger partial charge in [0.25, 0.3) is 11.6 Å². The Bertz CT molecular complexity index is 829. The van der Waals surface area contributed by atoms with E-state index in [0.717, 1.165) is 25.3 Å². The topological polar surface area (TPSA) is 144 Å². The summed E-state index contributed by atoms with van der Waals surface area (Å²) < 4.78 is 10.2. The van der Waals surface area contributed by atoms with Crippen molar-refractivity contribution < 1.29 is 24.0 Å². The number of non-ortho nitro benzene ring substituents is 1. The molecular formula is C20H26N4O6. The van der Waals surface area contributed by atoms with Crippen LogP contribution >= 0.6 is 0 Å². The lowest BCUT2D eigenvalue weighted by Crippen LogP contribution is -2.52. The largest absolute Gasteiger partial charge is 0.449 e. The van der Waals surface area contributed by atoms with Gasteiger partial charge in [-0.05, 0) is 25.8 Å². The first-order valence-corrected chi connectivity index (χ1v) is 9.77. The number of carbonyl (C=O) groups excluding carboxylic acids is 2. The van der Waals surface area contributed by atoms with Crippen molar-refractivity contribution in [3.63, 3.8) is 0 Å². The molecule has 1 saturated carbocycles. The molecule has 0 heterocycles. The second kappa shape index (κ2) is 10.5. The van der Waals surface area contributed by atoms with Gasteiger partial charge >= 0.3 is 5.97 Å². The highest BCUT2D eigenvalue weighted by Gasteiger charge is 2.35. The zero-order valence-corrected chi connectivity index (χ0v) is 17.1. The summed E-state index contributed by atoms with van der Waals surface area (Å²) in [7, 11) is 1.52. The Labute approximate surface area is 174 Å². The number of carbonyl (C=O) groups is 2. The molecule has 162 valence electrons. The molecule has 0 aromatic heterocycles. The molecule has 0 bridgehead atoms. The van der Waals surface area contributed by atoms with Gasteiger partial charge in [-0.25, -0.2) is 4.79 Å². The number of esters is 1. The van der Waals surface area contributed by atoms with Crippen LogP contribution in [0, 0.1) is 21.4 Å². The van der Waals surface area contributed by atoms with Crippen LogP contribution in [0.25, 0.3) is 0 Å². The average Bonchev–Trinajstić information content (AvgIpc) is 2.74. The molecule has 30 heavy (non-hydrogen) atoms. The second-order valence-corrected chi connectivity index (χ2v) is 7.20. The first-order chi connectivity index (χ1) is 14.3. The smallest absolute Gasteiger partial charge is 0.341 e. The Morgan fingerprint density at radius 2 is 2.03 bits per heavy atom. The third-order valence-electron chi connectivity index (χ3n) is 4.99. The van der Waals surface area contributed by atoms with Crippen molar-refractivity contribution in [2.24, 2.45) is 0 Å². The van der Waals surface area contributed by atoms with E-state index in [2.05, 4.69) is 16.7 Å². The fraction of sp³-hybridized carbons (Fsp3) is 0.550. The third-order valence-corrected chi connectivity index (χ3v) is 4.99. The molecule has 1 amide bonds. The van der Waals surface area contributed by atoms with Crippen LogP contribution in [0.3, 0.4) is 0 Å². The number of nitriles is 1. The SMILES string of the molecule is COCCNc1ccc([N+](=O)[O-])cc1C(=O)O[C@@H](C)C(=O)NC1(C#N)CCCCC1. The predicted octanol–water partition coefficient (Wildman–Crippen LogP) is 2.54. The minimum atomic E-state index is -1.17. The summed E-state index contributed by atoms with van der Waals surface area (Å²) in [5, 5.41) is 26.2. The van der Waals surface area contributed by atoms with Gasteiger partial charge in [0.1, 0.15) is 5.54 Å². The van der Waals surface area contributed by atoms with E-state index in [-0.39, 0.29) is 11.3 Å². The standard InChI is InChI=1S/C20H26N4O6/c1-14(18(25)23-20(13-21)8-4-3-5-9-20)30-19(26)16-12-15(24(27)28)6-7-17(16)22-10-11-29-2/h6-7,12,14,22H,3-5,8-11H2,1-2H3,(H,23,25)/t14-/m0/s1. The lowest BCUT2D eigenvalue weighted by atomic mass is 9.83. The van der Waals surface area contributed by atoms with Crippen LogP contribution in [0.2, 0.25) is 0 Å². The molecule has 0 saturated heterocycles. The first kappa shape index (κ1) is 23.1. The molecule has 0 spiro atoms. The summed E-state index contributed by atoms with van der Waals surface area (Å²) in [6, 6.07) is 5.94. The molecule has 0 radical (unpaired) electrons. The van der Waals surface area contributed by atoms with Crippen molar-refractivity contribution in [3.05, 3.63) is 33.9 Å². The molecule has 1 aliphatic rings. The summed E-state index contributed by atoms with van der Waals surface area (Å²) in [4.78, 5) is 35.7. The van der Waals surface area contributed by atoms with Crippen molar-refractivity contribution in [1.82, 2.24) is 5.32 Å². The summed E-state index contributed by atoms with van der Waals surface area (Å²) in [6.07, 6.45) is 2.62. The Balaban J connectivity index is 2.12. The van der Waals surface area contributed by atoms with Gasteiger partial charge in [0.2, 0.25) is 0 Å². The molecule has 10 nitrogen and oxygen atoms in total. The van der Waals surface area contributed by atoms with E-state index >= 15 is 0 Å². The van der Waals surface area contributed by atoms with Crippen molar-refractivity contribution in [2.75, 3.05) is 25.6 Å². The normalized spacial score (nSPS) is 16.0. The zero-order valence-electron chi connectivity index (χ0n) is 17.1. The van der Waals surface area contributed by atoms with Gasteiger partial charge in [0.05, 0.1) is 23.2 Å². The van der Waals surface area contributed by atoms with Gasteiger partial charge in [-0.1, -0.05) is 19.3 Å². The molecule has 10 heteroatoms. The van der Waals surface area contributed by atoms with Crippen LogP contribution in [-0.4, -0.2) is 48.7 Å². The summed E-state index contributed by atoms with van der Waals surface area (Å²) in [5.41, 5.74) is -0.959. The Morgan fingerprint density at radius 3 is 2.63 bits per heavy atom. The quantitative estimate of drug-likeness (QED) is 0.269. The lowest BCUT2D eigenvalue weighted by Gasteiger charge is -2.32. The molecule has 1 aromatic carbocycles. The molecule has 1 atom stereocenters. The fourth-order valence-corrected chi connectivity index (χ4v) is 3.29. The first-order valence-electron chi connectivity index (χ1n) is 9.77.